The van der Waals surface area contributed by atoms with Gasteiger partial charge in [-0.05, 0) is 33.6 Å². The third kappa shape index (κ3) is 2.68. The maximum absolute atomic E-state index is 5.97. The molecule has 86 valence electrons. The van der Waals surface area contributed by atoms with Crippen molar-refractivity contribution >= 4 is 39.5 Å². The van der Waals surface area contributed by atoms with E-state index in [4.69, 9.17) is 11.5 Å². The summed E-state index contributed by atoms with van der Waals surface area (Å²) >= 11 is 3.39. The number of anilines is 2. The van der Waals surface area contributed by atoms with E-state index in [1.807, 2.05) is 54.6 Å². The van der Waals surface area contributed by atoms with Crippen molar-refractivity contribution in [2.45, 2.75) is 0 Å². The van der Waals surface area contributed by atoms with Gasteiger partial charge < -0.3 is 11.5 Å². The summed E-state index contributed by atoms with van der Waals surface area (Å²) in [4.78, 5) is 0. The molecular formula is C14H13BrN2. The minimum absolute atomic E-state index is 0.664. The first-order valence-electron chi connectivity index (χ1n) is 5.25. The molecule has 0 radical (unpaired) electrons. The van der Waals surface area contributed by atoms with Crippen LogP contribution in [-0.4, -0.2) is 0 Å². The van der Waals surface area contributed by atoms with E-state index in [9.17, 15) is 0 Å². The van der Waals surface area contributed by atoms with Gasteiger partial charge in [0.05, 0.1) is 5.69 Å². The fourth-order valence-corrected chi connectivity index (χ4v) is 1.90. The van der Waals surface area contributed by atoms with Crippen LogP contribution in [0.5, 0.6) is 0 Å². The molecule has 0 aliphatic heterocycles. The van der Waals surface area contributed by atoms with Gasteiger partial charge in [0.25, 0.3) is 0 Å². The molecule has 0 heterocycles. The van der Waals surface area contributed by atoms with Crippen LogP contribution in [0.4, 0.5) is 11.4 Å². The highest BCUT2D eigenvalue weighted by atomic mass is 79.9. The SMILES string of the molecule is Nc1ccc(Br)c(N)c1C=Cc1ccccc1. The molecular weight excluding hydrogens is 276 g/mol. The van der Waals surface area contributed by atoms with Crippen molar-refractivity contribution in [1.82, 2.24) is 0 Å². The summed E-state index contributed by atoms with van der Waals surface area (Å²) in [6, 6.07) is 13.7. The van der Waals surface area contributed by atoms with Gasteiger partial charge in [0.1, 0.15) is 0 Å². The summed E-state index contributed by atoms with van der Waals surface area (Å²) in [7, 11) is 0. The average Bonchev–Trinajstić information content (AvgIpc) is 2.35. The molecule has 0 aromatic heterocycles. The van der Waals surface area contributed by atoms with Crippen LogP contribution in [0.3, 0.4) is 0 Å². The second-order valence-corrected chi connectivity index (χ2v) is 4.56. The molecule has 0 amide bonds. The van der Waals surface area contributed by atoms with E-state index in [-0.39, 0.29) is 0 Å². The Hall–Kier alpha value is -1.74. The molecule has 3 heteroatoms. The molecule has 0 saturated carbocycles. The fourth-order valence-electron chi connectivity index (χ4n) is 1.56. The molecule has 4 N–H and O–H groups in total. The monoisotopic (exact) mass is 288 g/mol. The summed E-state index contributed by atoms with van der Waals surface area (Å²) in [5, 5.41) is 0. The summed E-state index contributed by atoms with van der Waals surface area (Å²) in [5.74, 6) is 0. The van der Waals surface area contributed by atoms with Crippen LogP contribution in [0.2, 0.25) is 0 Å². The van der Waals surface area contributed by atoms with E-state index in [0.29, 0.717) is 11.4 Å². The average molecular weight is 289 g/mol. The zero-order chi connectivity index (χ0) is 12.3. The predicted octanol–water partition coefficient (Wildman–Crippen LogP) is 3.78. The fraction of sp³-hybridized carbons (Fsp3) is 0. The zero-order valence-electron chi connectivity index (χ0n) is 9.23. The molecule has 0 fully saturated rings. The van der Waals surface area contributed by atoms with Gasteiger partial charge >= 0.3 is 0 Å². The van der Waals surface area contributed by atoms with Crippen LogP contribution in [0.25, 0.3) is 12.2 Å². The Labute approximate surface area is 109 Å². The van der Waals surface area contributed by atoms with Gasteiger partial charge in [-0.1, -0.05) is 42.5 Å². The van der Waals surface area contributed by atoms with Crippen molar-refractivity contribution in [3.05, 3.63) is 58.1 Å². The first-order chi connectivity index (χ1) is 8.18. The lowest BCUT2D eigenvalue weighted by molar-refractivity contribution is 1.58. The lowest BCUT2D eigenvalue weighted by atomic mass is 10.1. The first-order valence-corrected chi connectivity index (χ1v) is 6.04. The van der Waals surface area contributed by atoms with Crippen molar-refractivity contribution in [1.29, 1.82) is 0 Å². The Kier molecular flexibility index (Phi) is 3.49. The largest absolute Gasteiger partial charge is 0.398 e. The Balaban J connectivity index is 2.37. The molecule has 17 heavy (non-hydrogen) atoms. The Morgan fingerprint density at radius 2 is 1.59 bits per heavy atom. The first kappa shape index (κ1) is 11.7. The summed E-state index contributed by atoms with van der Waals surface area (Å²) in [6.45, 7) is 0. The predicted molar refractivity (Wildman–Crippen MR) is 78.3 cm³/mol. The van der Waals surface area contributed by atoms with Gasteiger partial charge in [0.15, 0.2) is 0 Å². The molecule has 0 unspecified atom stereocenters. The van der Waals surface area contributed by atoms with Crippen LogP contribution < -0.4 is 11.5 Å². The van der Waals surface area contributed by atoms with Crippen molar-refractivity contribution < 1.29 is 0 Å². The number of hydrogen-bond donors (Lipinski definition) is 2. The van der Waals surface area contributed by atoms with Crippen LogP contribution in [0, 0.1) is 0 Å². The number of halogens is 1. The quantitative estimate of drug-likeness (QED) is 0.653. The van der Waals surface area contributed by atoms with E-state index in [1.54, 1.807) is 0 Å². The highest BCUT2D eigenvalue weighted by Gasteiger charge is 2.03. The van der Waals surface area contributed by atoms with Crippen LogP contribution in [0.1, 0.15) is 11.1 Å². The molecule has 0 atom stereocenters. The van der Waals surface area contributed by atoms with Crippen molar-refractivity contribution in [2.24, 2.45) is 0 Å². The molecule has 0 aliphatic rings. The smallest absolute Gasteiger partial charge is 0.0552 e. The third-order valence-electron chi connectivity index (χ3n) is 2.51. The Bertz CT molecular complexity index is 548. The van der Waals surface area contributed by atoms with E-state index in [2.05, 4.69) is 15.9 Å². The van der Waals surface area contributed by atoms with Gasteiger partial charge in [-0.15, -0.1) is 0 Å². The van der Waals surface area contributed by atoms with Crippen LogP contribution in [0.15, 0.2) is 46.9 Å². The normalized spacial score (nSPS) is 10.9. The van der Waals surface area contributed by atoms with Crippen molar-refractivity contribution in [3.8, 4) is 0 Å². The van der Waals surface area contributed by atoms with Crippen LogP contribution in [-0.2, 0) is 0 Å². The summed E-state index contributed by atoms with van der Waals surface area (Å²) in [5.41, 5.74) is 15.2. The number of nitrogens with two attached hydrogens (primary N) is 2. The Morgan fingerprint density at radius 3 is 2.29 bits per heavy atom. The molecule has 2 nitrogen and oxygen atoms in total. The molecule has 0 spiro atoms. The number of rotatable bonds is 2. The van der Waals surface area contributed by atoms with Gasteiger partial charge in [0.2, 0.25) is 0 Å². The number of nitrogen functional groups attached to an aromatic ring is 2. The van der Waals surface area contributed by atoms with Crippen LogP contribution >= 0.6 is 15.9 Å². The lowest BCUT2D eigenvalue weighted by Crippen LogP contribution is -1.96. The highest BCUT2D eigenvalue weighted by Crippen LogP contribution is 2.29. The summed E-state index contributed by atoms with van der Waals surface area (Å²) in [6.07, 6.45) is 3.93. The van der Waals surface area contributed by atoms with E-state index >= 15 is 0 Å². The molecule has 2 aromatic carbocycles. The summed E-state index contributed by atoms with van der Waals surface area (Å²) < 4.78 is 0.861. The second kappa shape index (κ2) is 5.06. The maximum atomic E-state index is 5.97. The number of benzene rings is 2. The topological polar surface area (TPSA) is 52.0 Å². The van der Waals surface area contributed by atoms with Crippen molar-refractivity contribution in [2.75, 3.05) is 11.5 Å². The van der Waals surface area contributed by atoms with E-state index in [1.165, 1.54) is 0 Å². The lowest BCUT2D eigenvalue weighted by Gasteiger charge is -2.06. The molecule has 2 rings (SSSR count). The minimum atomic E-state index is 0.664. The molecule has 2 aromatic rings. The standard InChI is InChI=1S/C14H13BrN2/c15-12-8-9-13(16)11(14(12)17)7-6-10-4-2-1-3-5-10/h1-9H,16-17H2. The molecule has 0 saturated heterocycles. The maximum Gasteiger partial charge on any atom is 0.0552 e. The Morgan fingerprint density at radius 1 is 0.882 bits per heavy atom. The second-order valence-electron chi connectivity index (χ2n) is 3.71. The molecule has 0 aliphatic carbocycles. The van der Waals surface area contributed by atoms with Crippen molar-refractivity contribution in [3.63, 3.8) is 0 Å². The van der Waals surface area contributed by atoms with Gasteiger partial charge in [-0.2, -0.15) is 0 Å². The molecule has 0 bridgehead atoms. The van der Waals surface area contributed by atoms with Gasteiger partial charge in [-0.3, -0.25) is 0 Å². The minimum Gasteiger partial charge on any atom is -0.398 e. The van der Waals surface area contributed by atoms with E-state index < -0.39 is 0 Å². The number of hydrogen-bond acceptors (Lipinski definition) is 2. The van der Waals surface area contributed by atoms with Gasteiger partial charge in [-0.25, -0.2) is 0 Å². The van der Waals surface area contributed by atoms with Gasteiger partial charge in [0, 0.05) is 15.7 Å². The van der Waals surface area contributed by atoms with E-state index in [0.717, 1.165) is 15.6 Å². The zero-order valence-corrected chi connectivity index (χ0v) is 10.8. The third-order valence-corrected chi connectivity index (χ3v) is 3.20. The highest BCUT2D eigenvalue weighted by molar-refractivity contribution is 9.10.